The third-order valence-corrected chi connectivity index (χ3v) is 2.81. The van der Waals surface area contributed by atoms with E-state index in [1.807, 2.05) is 0 Å². The van der Waals surface area contributed by atoms with Crippen molar-refractivity contribution in [3.8, 4) is 0 Å². The standard InChI is InChI=1S/C13H7ClF2N2O3/c14-11-9(3-6(15)5-17-11)12(19)18-7-1-2-8(13(20)21)10(16)4-7/h1-5H,(H,18,19)(H,20,21). The van der Waals surface area contributed by atoms with Gasteiger partial charge in [-0.2, -0.15) is 0 Å². The number of aromatic carboxylic acids is 1. The van der Waals surface area contributed by atoms with Crippen LogP contribution in [0.5, 0.6) is 0 Å². The zero-order valence-corrected chi connectivity index (χ0v) is 11.0. The van der Waals surface area contributed by atoms with E-state index in [-0.39, 0.29) is 16.4 Å². The molecule has 0 radical (unpaired) electrons. The smallest absolute Gasteiger partial charge is 0.338 e. The molecule has 0 saturated heterocycles. The highest BCUT2D eigenvalue weighted by molar-refractivity contribution is 6.33. The lowest BCUT2D eigenvalue weighted by Gasteiger charge is -2.07. The van der Waals surface area contributed by atoms with Crippen molar-refractivity contribution in [1.82, 2.24) is 4.98 Å². The van der Waals surface area contributed by atoms with Gasteiger partial charge < -0.3 is 10.4 Å². The molecule has 0 spiro atoms. The summed E-state index contributed by atoms with van der Waals surface area (Å²) in [5.74, 6) is -3.99. The molecule has 0 aliphatic heterocycles. The van der Waals surface area contributed by atoms with Crippen LogP contribution in [0.25, 0.3) is 0 Å². The largest absolute Gasteiger partial charge is 0.478 e. The summed E-state index contributed by atoms with van der Waals surface area (Å²) >= 11 is 5.66. The Morgan fingerprint density at radius 3 is 2.52 bits per heavy atom. The van der Waals surface area contributed by atoms with Crippen LogP contribution in [0.2, 0.25) is 5.15 Å². The lowest BCUT2D eigenvalue weighted by atomic mass is 10.2. The van der Waals surface area contributed by atoms with Crippen molar-refractivity contribution in [3.63, 3.8) is 0 Å². The van der Waals surface area contributed by atoms with E-state index in [2.05, 4.69) is 10.3 Å². The molecule has 5 nitrogen and oxygen atoms in total. The van der Waals surface area contributed by atoms with Crippen molar-refractivity contribution in [2.24, 2.45) is 0 Å². The van der Waals surface area contributed by atoms with Crippen LogP contribution in [0, 0.1) is 11.6 Å². The average Bonchev–Trinajstić information content (AvgIpc) is 2.41. The Morgan fingerprint density at radius 1 is 1.19 bits per heavy atom. The maximum Gasteiger partial charge on any atom is 0.338 e. The van der Waals surface area contributed by atoms with Crippen LogP contribution in [0.4, 0.5) is 14.5 Å². The molecular formula is C13H7ClF2N2O3. The Morgan fingerprint density at radius 2 is 1.90 bits per heavy atom. The molecule has 108 valence electrons. The van der Waals surface area contributed by atoms with Gasteiger partial charge in [-0.1, -0.05) is 11.6 Å². The highest BCUT2D eigenvalue weighted by Crippen LogP contribution is 2.18. The summed E-state index contributed by atoms with van der Waals surface area (Å²) in [4.78, 5) is 26.0. The van der Waals surface area contributed by atoms with Gasteiger partial charge in [-0.15, -0.1) is 0 Å². The fourth-order valence-corrected chi connectivity index (χ4v) is 1.74. The minimum absolute atomic E-state index is 0.00262. The fraction of sp³-hybridized carbons (Fsp3) is 0. The molecule has 0 fully saturated rings. The second-order valence-corrected chi connectivity index (χ2v) is 4.30. The Bertz CT molecular complexity index is 737. The van der Waals surface area contributed by atoms with Crippen molar-refractivity contribution >= 4 is 29.2 Å². The summed E-state index contributed by atoms with van der Waals surface area (Å²) in [5.41, 5.74) is -0.749. The lowest BCUT2D eigenvalue weighted by Crippen LogP contribution is -2.14. The summed E-state index contributed by atoms with van der Waals surface area (Å²) in [7, 11) is 0. The Balaban J connectivity index is 2.26. The van der Waals surface area contributed by atoms with Gasteiger partial charge in [0.2, 0.25) is 0 Å². The molecule has 1 amide bonds. The van der Waals surface area contributed by atoms with E-state index < -0.39 is 29.1 Å². The second-order valence-electron chi connectivity index (χ2n) is 3.95. The van der Waals surface area contributed by atoms with E-state index in [9.17, 15) is 18.4 Å². The topological polar surface area (TPSA) is 79.3 Å². The van der Waals surface area contributed by atoms with Gasteiger partial charge >= 0.3 is 5.97 Å². The van der Waals surface area contributed by atoms with E-state index in [1.54, 1.807) is 0 Å². The van der Waals surface area contributed by atoms with E-state index in [1.165, 1.54) is 6.07 Å². The predicted octanol–water partition coefficient (Wildman–Crippen LogP) is 2.96. The molecule has 0 bridgehead atoms. The van der Waals surface area contributed by atoms with Gasteiger partial charge in [-0.3, -0.25) is 4.79 Å². The number of carbonyl (C=O) groups is 2. The van der Waals surface area contributed by atoms with Crippen LogP contribution >= 0.6 is 11.6 Å². The summed E-state index contributed by atoms with van der Waals surface area (Å²) < 4.78 is 26.5. The predicted molar refractivity (Wildman–Crippen MR) is 70.5 cm³/mol. The zero-order chi connectivity index (χ0) is 15.6. The lowest BCUT2D eigenvalue weighted by molar-refractivity contribution is 0.0692. The Hall–Kier alpha value is -2.54. The quantitative estimate of drug-likeness (QED) is 0.854. The van der Waals surface area contributed by atoms with Gasteiger partial charge in [-0.05, 0) is 24.3 Å². The monoisotopic (exact) mass is 312 g/mol. The molecule has 1 aromatic heterocycles. The van der Waals surface area contributed by atoms with Gasteiger partial charge in [-0.25, -0.2) is 18.6 Å². The summed E-state index contributed by atoms with van der Waals surface area (Å²) in [6.07, 6.45) is 0.848. The molecule has 1 aromatic carbocycles. The minimum Gasteiger partial charge on any atom is -0.478 e. The molecular weight excluding hydrogens is 306 g/mol. The van der Waals surface area contributed by atoms with Gasteiger partial charge in [0.25, 0.3) is 5.91 Å². The number of carbonyl (C=O) groups excluding carboxylic acids is 1. The highest BCUT2D eigenvalue weighted by Gasteiger charge is 2.15. The summed E-state index contributed by atoms with van der Waals surface area (Å²) in [5, 5.41) is 10.7. The molecule has 0 aliphatic carbocycles. The number of nitrogens with zero attached hydrogens (tertiary/aromatic N) is 1. The van der Waals surface area contributed by atoms with Crippen molar-refractivity contribution in [2.45, 2.75) is 0 Å². The first kappa shape index (κ1) is 14.9. The normalized spacial score (nSPS) is 10.2. The molecule has 2 rings (SSSR count). The maximum absolute atomic E-state index is 13.5. The van der Waals surface area contributed by atoms with Crippen LogP contribution < -0.4 is 5.32 Å². The molecule has 0 aliphatic rings. The Kier molecular flexibility index (Phi) is 4.13. The molecule has 21 heavy (non-hydrogen) atoms. The van der Waals surface area contributed by atoms with E-state index in [4.69, 9.17) is 16.7 Å². The molecule has 2 aromatic rings. The number of aromatic nitrogens is 1. The highest BCUT2D eigenvalue weighted by atomic mass is 35.5. The summed E-state index contributed by atoms with van der Waals surface area (Å²) in [6, 6.07) is 3.92. The van der Waals surface area contributed by atoms with Gasteiger partial charge in [0.05, 0.1) is 17.3 Å². The van der Waals surface area contributed by atoms with Gasteiger partial charge in [0.1, 0.15) is 16.8 Å². The van der Waals surface area contributed by atoms with Crippen molar-refractivity contribution in [3.05, 3.63) is 58.4 Å². The number of benzene rings is 1. The number of halogens is 3. The first-order chi connectivity index (χ1) is 9.88. The minimum atomic E-state index is -1.43. The van der Waals surface area contributed by atoms with Gasteiger partial charge in [0, 0.05) is 5.69 Å². The van der Waals surface area contributed by atoms with E-state index in [0.717, 1.165) is 24.4 Å². The number of pyridine rings is 1. The Labute approximate surface area is 122 Å². The third-order valence-electron chi connectivity index (χ3n) is 2.51. The molecule has 0 saturated carbocycles. The summed E-state index contributed by atoms with van der Waals surface area (Å²) in [6.45, 7) is 0. The number of amides is 1. The van der Waals surface area contributed by atoms with Crippen molar-refractivity contribution in [1.29, 1.82) is 0 Å². The number of nitrogens with one attached hydrogen (secondary N) is 1. The number of carboxylic acids is 1. The number of rotatable bonds is 3. The number of hydrogen-bond donors (Lipinski definition) is 2. The molecule has 8 heteroatoms. The number of anilines is 1. The second kappa shape index (κ2) is 5.84. The molecule has 1 heterocycles. The molecule has 2 N–H and O–H groups in total. The first-order valence-corrected chi connectivity index (χ1v) is 5.91. The van der Waals surface area contributed by atoms with Crippen LogP contribution in [0.15, 0.2) is 30.5 Å². The van der Waals surface area contributed by atoms with Crippen LogP contribution in [0.3, 0.4) is 0 Å². The van der Waals surface area contributed by atoms with Crippen molar-refractivity contribution in [2.75, 3.05) is 5.32 Å². The van der Waals surface area contributed by atoms with E-state index in [0.29, 0.717) is 0 Å². The zero-order valence-electron chi connectivity index (χ0n) is 10.2. The van der Waals surface area contributed by atoms with Crippen LogP contribution in [-0.2, 0) is 0 Å². The number of hydrogen-bond acceptors (Lipinski definition) is 3. The maximum atomic E-state index is 13.5. The third kappa shape index (κ3) is 3.32. The fourth-order valence-electron chi connectivity index (χ4n) is 1.55. The average molecular weight is 313 g/mol. The molecule has 0 atom stereocenters. The van der Waals surface area contributed by atoms with Crippen LogP contribution in [0.1, 0.15) is 20.7 Å². The van der Waals surface area contributed by atoms with Crippen molar-refractivity contribution < 1.29 is 23.5 Å². The number of carboxylic acid groups (broad SMARTS) is 1. The van der Waals surface area contributed by atoms with E-state index >= 15 is 0 Å². The van der Waals surface area contributed by atoms with Crippen LogP contribution in [-0.4, -0.2) is 22.0 Å². The SMILES string of the molecule is O=C(O)c1ccc(NC(=O)c2cc(F)cnc2Cl)cc1F. The van der Waals surface area contributed by atoms with Gasteiger partial charge in [0.15, 0.2) is 0 Å². The molecule has 0 unspecified atom stereocenters. The first-order valence-electron chi connectivity index (χ1n) is 5.53.